The molecule has 0 bridgehead atoms. The number of nitrogens with one attached hydrogen (secondary N) is 1. The van der Waals surface area contributed by atoms with Gasteiger partial charge in [-0.3, -0.25) is 9.69 Å². The number of amides is 1. The highest BCUT2D eigenvalue weighted by molar-refractivity contribution is 5.94. The van der Waals surface area contributed by atoms with Gasteiger partial charge in [0.05, 0.1) is 6.04 Å². The SMILES string of the molecule is O=C(Nc1ccc(F)cc1)C(CCc1ccccc1)N1CCN(c2cccc(C(F)(F)F)n2)CC1. The molecule has 1 fully saturated rings. The number of carbonyl (C=O) groups excluding carboxylic acids is 1. The number of benzene rings is 2. The fraction of sp³-hybridized carbons (Fsp3) is 0.308. The van der Waals surface area contributed by atoms with Gasteiger partial charge in [0.25, 0.3) is 0 Å². The fourth-order valence-corrected chi connectivity index (χ4v) is 4.21. The van der Waals surface area contributed by atoms with Gasteiger partial charge in [-0.2, -0.15) is 13.2 Å². The van der Waals surface area contributed by atoms with Crippen LogP contribution in [0.2, 0.25) is 0 Å². The lowest BCUT2D eigenvalue weighted by atomic mass is 10.0. The summed E-state index contributed by atoms with van der Waals surface area (Å²) in [5.41, 5.74) is 0.698. The summed E-state index contributed by atoms with van der Waals surface area (Å²) >= 11 is 0. The lowest BCUT2D eigenvalue weighted by Gasteiger charge is -2.39. The highest BCUT2D eigenvalue weighted by Crippen LogP contribution is 2.29. The molecular formula is C26H26F4N4O. The van der Waals surface area contributed by atoms with Crippen LogP contribution in [0.5, 0.6) is 0 Å². The molecule has 0 aliphatic carbocycles. The van der Waals surface area contributed by atoms with E-state index in [-0.39, 0.29) is 17.5 Å². The van der Waals surface area contributed by atoms with Crippen LogP contribution in [-0.4, -0.2) is 48.0 Å². The molecule has 4 rings (SSSR count). The van der Waals surface area contributed by atoms with Gasteiger partial charge in [-0.15, -0.1) is 0 Å². The summed E-state index contributed by atoms with van der Waals surface area (Å²) in [6, 6.07) is 18.9. The Morgan fingerprint density at radius 1 is 0.914 bits per heavy atom. The first-order valence-electron chi connectivity index (χ1n) is 11.4. The van der Waals surface area contributed by atoms with E-state index in [1.165, 1.54) is 30.3 Å². The first-order chi connectivity index (χ1) is 16.8. The smallest absolute Gasteiger partial charge is 0.354 e. The molecule has 1 N–H and O–H groups in total. The number of halogens is 4. The van der Waals surface area contributed by atoms with Crippen LogP contribution in [0, 0.1) is 5.82 Å². The van der Waals surface area contributed by atoms with Crippen LogP contribution in [0.4, 0.5) is 29.1 Å². The summed E-state index contributed by atoms with van der Waals surface area (Å²) in [7, 11) is 0. The van der Waals surface area contributed by atoms with E-state index in [9.17, 15) is 22.4 Å². The summed E-state index contributed by atoms with van der Waals surface area (Å²) in [5.74, 6) is -0.308. The zero-order valence-electron chi connectivity index (χ0n) is 19.0. The van der Waals surface area contributed by atoms with Gasteiger partial charge < -0.3 is 10.2 Å². The molecule has 1 atom stereocenters. The number of hydrogen-bond donors (Lipinski definition) is 1. The molecule has 1 unspecified atom stereocenters. The topological polar surface area (TPSA) is 48.5 Å². The van der Waals surface area contributed by atoms with Crippen LogP contribution in [0.3, 0.4) is 0 Å². The second-order valence-electron chi connectivity index (χ2n) is 8.44. The maximum atomic E-state index is 13.3. The van der Waals surface area contributed by atoms with E-state index in [2.05, 4.69) is 10.3 Å². The lowest BCUT2D eigenvalue weighted by Crippen LogP contribution is -2.54. The maximum Gasteiger partial charge on any atom is 0.433 e. The Balaban J connectivity index is 1.45. The zero-order chi connectivity index (χ0) is 24.8. The summed E-state index contributed by atoms with van der Waals surface area (Å²) in [5, 5.41) is 2.87. The Morgan fingerprint density at radius 2 is 1.60 bits per heavy atom. The van der Waals surface area contributed by atoms with Crippen molar-refractivity contribution in [1.82, 2.24) is 9.88 Å². The van der Waals surface area contributed by atoms with Crippen molar-refractivity contribution >= 4 is 17.4 Å². The molecule has 5 nitrogen and oxygen atoms in total. The normalized spacial score (nSPS) is 15.6. The molecule has 0 radical (unpaired) electrons. The summed E-state index contributed by atoms with van der Waals surface area (Å²) < 4.78 is 52.4. The highest BCUT2D eigenvalue weighted by atomic mass is 19.4. The molecule has 184 valence electrons. The molecule has 1 amide bonds. The van der Waals surface area contributed by atoms with Crippen LogP contribution >= 0.6 is 0 Å². The van der Waals surface area contributed by atoms with Crippen LogP contribution in [0.15, 0.2) is 72.8 Å². The number of hydrogen-bond acceptors (Lipinski definition) is 4. The molecule has 0 saturated carbocycles. The van der Waals surface area contributed by atoms with Gasteiger partial charge in [-0.1, -0.05) is 36.4 Å². The van der Waals surface area contributed by atoms with Crippen LogP contribution in [0.25, 0.3) is 0 Å². The van der Waals surface area contributed by atoms with E-state index in [0.29, 0.717) is 44.7 Å². The maximum absolute atomic E-state index is 13.3. The van der Waals surface area contributed by atoms with Crippen LogP contribution < -0.4 is 10.2 Å². The Labute approximate surface area is 201 Å². The fourth-order valence-electron chi connectivity index (χ4n) is 4.21. The average molecular weight is 487 g/mol. The monoisotopic (exact) mass is 486 g/mol. The second-order valence-corrected chi connectivity index (χ2v) is 8.44. The Bertz CT molecular complexity index is 1110. The molecule has 1 aliphatic rings. The van der Waals surface area contributed by atoms with Crippen molar-refractivity contribution in [2.75, 3.05) is 36.4 Å². The van der Waals surface area contributed by atoms with Gasteiger partial charge >= 0.3 is 6.18 Å². The standard InChI is InChI=1S/C26H26F4N4O/c27-20-10-12-21(13-11-20)31-25(35)22(14-9-19-5-2-1-3-6-19)33-15-17-34(18-16-33)24-8-4-7-23(32-24)26(28,29)30/h1-8,10-13,22H,9,14-18H2,(H,31,35). The van der Waals surface area contributed by atoms with E-state index in [0.717, 1.165) is 11.6 Å². The third-order valence-corrected chi connectivity index (χ3v) is 6.07. The number of rotatable bonds is 7. The van der Waals surface area contributed by atoms with Crippen LogP contribution in [-0.2, 0) is 17.4 Å². The molecule has 2 heterocycles. The quantitative estimate of drug-likeness (QED) is 0.478. The van der Waals surface area contributed by atoms with Crippen molar-refractivity contribution < 1.29 is 22.4 Å². The molecule has 2 aromatic carbocycles. The number of carbonyl (C=O) groups is 1. The minimum absolute atomic E-state index is 0.196. The predicted molar refractivity (Wildman–Crippen MR) is 127 cm³/mol. The van der Waals surface area contributed by atoms with Gasteiger partial charge in [0.15, 0.2) is 0 Å². The molecule has 9 heteroatoms. The van der Waals surface area contributed by atoms with Crippen molar-refractivity contribution in [2.24, 2.45) is 0 Å². The molecule has 1 saturated heterocycles. The van der Waals surface area contributed by atoms with E-state index in [4.69, 9.17) is 0 Å². The number of alkyl halides is 3. The molecular weight excluding hydrogens is 460 g/mol. The van der Waals surface area contributed by atoms with Gasteiger partial charge in [0.2, 0.25) is 5.91 Å². The van der Waals surface area contributed by atoms with Crippen molar-refractivity contribution in [3.63, 3.8) is 0 Å². The Kier molecular flexibility index (Phi) is 7.65. The van der Waals surface area contributed by atoms with E-state index in [1.807, 2.05) is 35.2 Å². The minimum Gasteiger partial charge on any atom is -0.354 e. The van der Waals surface area contributed by atoms with E-state index in [1.54, 1.807) is 11.0 Å². The lowest BCUT2D eigenvalue weighted by molar-refractivity contribution is -0.141. The average Bonchev–Trinajstić information content (AvgIpc) is 2.86. The summed E-state index contributed by atoms with van der Waals surface area (Å²) in [6.07, 6.45) is -3.24. The van der Waals surface area contributed by atoms with Gasteiger partial charge in [0.1, 0.15) is 17.3 Å². The van der Waals surface area contributed by atoms with Crippen LogP contribution in [0.1, 0.15) is 17.7 Å². The zero-order valence-corrected chi connectivity index (χ0v) is 19.0. The third kappa shape index (κ3) is 6.57. The summed E-state index contributed by atoms with van der Waals surface area (Å²) in [4.78, 5) is 20.9. The van der Waals surface area contributed by atoms with Crippen molar-refractivity contribution in [3.8, 4) is 0 Å². The molecule has 1 aliphatic heterocycles. The van der Waals surface area contributed by atoms with E-state index >= 15 is 0 Å². The molecule has 35 heavy (non-hydrogen) atoms. The second kappa shape index (κ2) is 10.9. The minimum atomic E-state index is -4.50. The third-order valence-electron chi connectivity index (χ3n) is 6.07. The highest BCUT2D eigenvalue weighted by Gasteiger charge is 2.34. The largest absolute Gasteiger partial charge is 0.433 e. The molecule has 3 aromatic rings. The van der Waals surface area contributed by atoms with Crippen molar-refractivity contribution in [3.05, 3.63) is 89.9 Å². The number of nitrogens with zero attached hydrogens (tertiary/aromatic N) is 3. The predicted octanol–water partition coefficient (Wildman–Crippen LogP) is 5.00. The number of anilines is 2. The van der Waals surface area contributed by atoms with Gasteiger partial charge in [-0.05, 0) is 54.8 Å². The number of pyridine rings is 1. The number of aromatic nitrogens is 1. The first-order valence-corrected chi connectivity index (χ1v) is 11.4. The van der Waals surface area contributed by atoms with Crippen molar-refractivity contribution in [2.45, 2.75) is 25.1 Å². The van der Waals surface area contributed by atoms with E-state index < -0.39 is 17.9 Å². The first kappa shape index (κ1) is 24.7. The Morgan fingerprint density at radius 3 is 2.26 bits per heavy atom. The molecule has 0 spiro atoms. The summed E-state index contributed by atoms with van der Waals surface area (Å²) in [6.45, 7) is 1.88. The Hall–Kier alpha value is -3.46. The molecule has 1 aromatic heterocycles. The number of piperazine rings is 1. The van der Waals surface area contributed by atoms with Crippen molar-refractivity contribution in [1.29, 1.82) is 0 Å². The number of aryl methyl sites for hydroxylation is 1. The van der Waals surface area contributed by atoms with Gasteiger partial charge in [0, 0.05) is 31.9 Å². The van der Waals surface area contributed by atoms with Gasteiger partial charge in [-0.25, -0.2) is 9.37 Å².